The number of ether oxygens (including phenoxy) is 1. The third-order valence-electron chi connectivity index (χ3n) is 5.27. The van der Waals surface area contributed by atoms with E-state index < -0.39 is 0 Å². The second-order valence-electron chi connectivity index (χ2n) is 7.30. The second kappa shape index (κ2) is 10.2. The van der Waals surface area contributed by atoms with Crippen molar-refractivity contribution in [2.75, 3.05) is 32.8 Å². The maximum atomic E-state index is 12.6. The molecule has 2 aromatic rings. The molecule has 0 bridgehead atoms. The minimum Gasteiger partial charge on any atom is -0.379 e. The van der Waals surface area contributed by atoms with Gasteiger partial charge in [-0.3, -0.25) is 4.90 Å². The number of benzene rings is 2. The van der Waals surface area contributed by atoms with Gasteiger partial charge in [0.15, 0.2) is 0 Å². The molecule has 1 aliphatic heterocycles. The van der Waals surface area contributed by atoms with Crippen LogP contribution in [0.3, 0.4) is 0 Å². The van der Waals surface area contributed by atoms with E-state index in [9.17, 15) is 4.79 Å². The van der Waals surface area contributed by atoms with Gasteiger partial charge in [-0.05, 0) is 36.1 Å². The summed E-state index contributed by atoms with van der Waals surface area (Å²) < 4.78 is 5.40. The van der Waals surface area contributed by atoms with E-state index in [0.717, 1.165) is 38.4 Å². The Morgan fingerprint density at radius 1 is 1.07 bits per heavy atom. The highest BCUT2D eigenvalue weighted by Crippen LogP contribution is 2.12. The highest BCUT2D eigenvalue weighted by molar-refractivity contribution is 5.74. The third-order valence-corrected chi connectivity index (χ3v) is 5.27. The van der Waals surface area contributed by atoms with Crippen LogP contribution in [0.4, 0.5) is 4.79 Å². The summed E-state index contributed by atoms with van der Waals surface area (Å²) in [7, 11) is 0. The van der Waals surface area contributed by atoms with Crippen LogP contribution in [0.25, 0.3) is 0 Å². The summed E-state index contributed by atoms with van der Waals surface area (Å²) in [6.45, 7) is 10.5. The number of rotatable bonds is 7. The number of nitrogens with zero attached hydrogens (tertiary/aromatic N) is 2. The number of hydrogen-bond acceptors (Lipinski definition) is 3. The molecule has 0 atom stereocenters. The van der Waals surface area contributed by atoms with Gasteiger partial charge in [0.1, 0.15) is 0 Å². The first-order chi connectivity index (χ1) is 13.7. The molecule has 2 aromatic carbocycles. The first-order valence-electron chi connectivity index (χ1n) is 10.1. The average molecular weight is 382 g/mol. The van der Waals surface area contributed by atoms with E-state index in [1.807, 2.05) is 24.0 Å². The molecule has 0 spiro atoms. The minimum absolute atomic E-state index is 0.0249. The molecular formula is C23H31N3O2. The van der Waals surface area contributed by atoms with E-state index in [0.29, 0.717) is 19.6 Å². The lowest BCUT2D eigenvalue weighted by Crippen LogP contribution is -2.39. The summed E-state index contributed by atoms with van der Waals surface area (Å²) in [6.07, 6.45) is 0. The standard InChI is InChI=1S/C23H31N3O2/c1-3-26(18-22-7-5-4-6-19(22)2)23(27)24-16-20-8-10-21(11-9-20)17-25-12-14-28-15-13-25/h4-11H,3,12-18H2,1-2H3,(H,24,27). The van der Waals surface area contributed by atoms with Crippen LogP contribution in [0.1, 0.15) is 29.2 Å². The second-order valence-corrected chi connectivity index (χ2v) is 7.30. The molecule has 1 heterocycles. The predicted molar refractivity (Wildman–Crippen MR) is 112 cm³/mol. The molecule has 1 aliphatic rings. The zero-order chi connectivity index (χ0) is 19.8. The third kappa shape index (κ3) is 5.81. The first kappa shape index (κ1) is 20.4. The lowest BCUT2D eigenvalue weighted by molar-refractivity contribution is 0.0342. The van der Waals surface area contributed by atoms with Crippen molar-refractivity contribution in [1.82, 2.24) is 15.1 Å². The Morgan fingerprint density at radius 2 is 1.75 bits per heavy atom. The molecule has 28 heavy (non-hydrogen) atoms. The maximum absolute atomic E-state index is 12.6. The topological polar surface area (TPSA) is 44.8 Å². The molecule has 150 valence electrons. The summed E-state index contributed by atoms with van der Waals surface area (Å²) in [5.74, 6) is 0. The quantitative estimate of drug-likeness (QED) is 0.798. The fourth-order valence-corrected chi connectivity index (χ4v) is 3.39. The van der Waals surface area contributed by atoms with Gasteiger partial charge >= 0.3 is 6.03 Å². The number of aryl methyl sites for hydroxylation is 1. The summed E-state index contributed by atoms with van der Waals surface area (Å²) >= 11 is 0. The van der Waals surface area contributed by atoms with Crippen LogP contribution < -0.4 is 5.32 Å². The van der Waals surface area contributed by atoms with E-state index in [-0.39, 0.29) is 6.03 Å². The van der Waals surface area contributed by atoms with Crippen LogP contribution in [-0.2, 0) is 24.4 Å². The van der Waals surface area contributed by atoms with E-state index in [1.165, 1.54) is 16.7 Å². The Kier molecular flexibility index (Phi) is 7.46. The van der Waals surface area contributed by atoms with Crippen LogP contribution in [0.2, 0.25) is 0 Å². The number of amides is 2. The largest absolute Gasteiger partial charge is 0.379 e. The smallest absolute Gasteiger partial charge is 0.317 e. The summed E-state index contributed by atoms with van der Waals surface area (Å²) in [5, 5.41) is 3.05. The molecule has 1 saturated heterocycles. The monoisotopic (exact) mass is 381 g/mol. The Bertz CT molecular complexity index is 755. The Balaban J connectivity index is 1.49. The number of carbonyl (C=O) groups is 1. The van der Waals surface area contributed by atoms with Gasteiger partial charge in [0, 0.05) is 39.3 Å². The Hall–Kier alpha value is -2.37. The summed E-state index contributed by atoms with van der Waals surface area (Å²) in [4.78, 5) is 16.8. The molecule has 0 aliphatic carbocycles. The van der Waals surface area contributed by atoms with Gasteiger partial charge in [-0.25, -0.2) is 4.79 Å². The van der Waals surface area contributed by atoms with Crippen molar-refractivity contribution in [2.45, 2.75) is 33.5 Å². The van der Waals surface area contributed by atoms with Gasteiger partial charge in [0.25, 0.3) is 0 Å². The van der Waals surface area contributed by atoms with E-state index in [1.54, 1.807) is 0 Å². The van der Waals surface area contributed by atoms with Crippen molar-refractivity contribution < 1.29 is 9.53 Å². The van der Waals surface area contributed by atoms with Gasteiger partial charge in [0.2, 0.25) is 0 Å². The minimum atomic E-state index is -0.0249. The number of morpholine rings is 1. The van der Waals surface area contributed by atoms with Gasteiger partial charge in [-0.15, -0.1) is 0 Å². The number of hydrogen-bond donors (Lipinski definition) is 1. The number of urea groups is 1. The molecule has 1 N–H and O–H groups in total. The molecule has 0 saturated carbocycles. The molecular weight excluding hydrogens is 350 g/mol. The molecule has 0 aromatic heterocycles. The molecule has 5 heteroatoms. The predicted octanol–water partition coefficient (Wildman–Crippen LogP) is 3.56. The van der Waals surface area contributed by atoms with Crippen molar-refractivity contribution in [3.8, 4) is 0 Å². The first-order valence-corrected chi connectivity index (χ1v) is 10.1. The number of carbonyl (C=O) groups excluding carboxylic acids is 1. The SMILES string of the molecule is CCN(Cc1ccccc1C)C(=O)NCc1ccc(CN2CCOCC2)cc1. The zero-order valence-electron chi connectivity index (χ0n) is 17.0. The van der Waals surface area contributed by atoms with E-state index >= 15 is 0 Å². The van der Waals surface area contributed by atoms with Gasteiger partial charge in [-0.2, -0.15) is 0 Å². The highest BCUT2D eigenvalue weighted by atomic mass is 16.5. The maximum Gasteiger partial charge on any atom is 0.317 e. The lowest BCUT2D eigenvalue weighted by atomic mass is 10.1. The Morgan fingerprint density at radius 3 is 2.43 bits per heavy atom. The molecule has 0 unspecified atom stereocenters. The zero-order valence-corrected chi connectivity index (χ0v) is 17.0. The van der Waals surface area contributed by atoms with Crippen molar-refractivity contribution in [2.24, 2.45) is 0 Å². The molecule has 5 nitrogen and oxygen atoms in total. The van der Waals surface area contributed by atoms with Crippen LogP contribution >= 0.6 is 0 Å². The van der Waals surface area contributed by atoms with Crippen molar-refractivity contribution in [3.05, 3.63) is 70.8 Å². The number of nitrogens with one attached hydrogen (secondary N) is 1. The van der Waals surface area contributed by atoms with Crippen molar-refractivity contribution >= 4 is 6.03 Å². The van der Waals surface area contributed by atoms with Gasteiger partial charge in [-0.1, -0.05) is 48.5 Å². The fraction of sp³-hybridized carbons (Fsp3) is 0.435. The summed E-state index contributed by atoms with van der Waals surface area (Å²) in [6, 6.07) is 16.7. The van der Waals surface area contributed by atoms with Gasteiger partial charge < -0.3 is 15.0 Å². The highest BCUT2D eigenvalue weighted by Gasteiger charge is 2.13. The van der Waals surface area contributed by atoms with Crippen LogP contribution in [0, 0.1) is 6.92 Å². The Labute approximate surface area is 168 Å². The van der Waals surface area contributed by atoms with E-state index in [2.05, 4.69) is 53.5 Å². The fourth-order valence-electron chi connectivity index (χ4n) is 3.39. The van der Waals surface area contributed by atoms with Crippen molar-refractivity contribution in [3.63, 3.8) is 0 Å². The van der Waals surface area contributed by atoms with Gasteiger partial charge in [0.05, 0.1) is 13.2 Å². The van der Waals surface area contributed by atoms with Crippen LogP contribution in [0.5, 0.6) is 0 Å². The molecule has 0 radical (unpaired) electrons. The average Bonchev–Trinajstić information content (AvgIpc) is 2.73. The van der Waals surface area contributed by atoms with E-state index in [4.69, 9.17) is 4.74 Å². The molecule has 2 amide bonds. The van der Waals surface area contributed by atoms with Crippen LogP contribution in [0.15, 0.2) is 48.5 Å². The molecule has 3 rings (SSSR count). The summed E-state index contributed by atoms with van der Waals surface area (Å²) in [5.41, 5.74) is 4.81. The normalized spacial score (nSPS) is 14.6. The van der Waals surface area contributed by atoms with Crippen molar-refractivity contribution in [1.29, 1.82) is 0 Å². The molecule has 1 fully saturated rings. The lowest BCUT2D eigenvalue weighted by Gasteiger charge is -2.26. The van der Waals surface area contributed by atoms with Crippen LogP contribution in [-0.4, -0.2) is 48.7 Å².